The minimum Gasteiger partial charge on any atom is -0.352 e. The van der Waals surface area contributed by atoms with E-state index in [0.717, 1.165) is 0 Å². The number of halogens is 2. The first-order chi connectivity index (χ1) is 9.51. The summed E-state index contributed by atoms with van der Waals surface area (Å²) in [5.74, 6) is 0.318. The number of hydrogen-bond acceptors (Lipinski definition) is 2. The molecule has 0 bridgehead atoms. The largest absolute Gasteiger partial charge is 0.352 e. The van der Waals surface area contributed by atoms with Gasteiger partial charge in [-0.2, -0.15) is 0 Å². The van der Waals surface area contributed by atoms with Crippen molar-refractivity contribution in [1.82, 2.24) is 10.2 Å². The molecule has 0 saturated carbocycles. The van der Waals surface area contributed by atoms with Gasteiger partial charge in [0.25, 0.3) is 5.91 Å². The molecule has 108 valence electrons. The predicted molar refractivity (Wildman–Crippen MR) is 79.2 cm³/mol. The van der Waals surface area contributed by atoms with Crippen LogP contribution in [0, 0.1) is 5.92 Å². The Morgan fingerprint density at radius 1 is 1.30 bits per heavy atom. The molecular weight excluding hydrogens is 299 g/mol. The maximum Gasteiger partial charge on any atom is 0.251 e. The van der Waals surface area contributed by atoms with Crippen LogP contribution < -0.4 is 5.32 Å². The van der Waals surface area contributed by atoms with Gasteiger partial charge in [0.1, 0.15) is 0 Å². The monoisotopic (exact) mass is 314 g/mol. The first-order valence-corrected chi connectivity index (χ1v) is 7.28. The highest BCUT2D eigenvalue weighted by Gasteiger charge is 2.29. The lowest BCUT2D eigenvalue weighted by atomic mass is 9.99. The molecule has 1 aliphatic rings. The van der Waals surface area contributed by atoms with Crippen molar-refractivity contribution < 1.29 is 9.59 Å². The second-order valence-corrected chi connectivity index (χ2v) is 5.67. The number of nitrogens with zero attached hydrogens (tertiary/aromatic N) is 1. The zero-order valence-corrected chi connectivity index (χ0v) is 12.7. The second-order valence-electron chi connectivity index (χ2n) is 4.86. The number of nitrogens with one attached hydrogen (secondary N) is 1. The Morgan fingerprint density at radius 2 is 2.00 bits per heavy atom. The molecule has 1 aromatic rings. The number of likely N-dealkylation sites (tertiary alicyclic amines) is 1. The van der Waals surface area contributed by atoms with Crippen molar-refractivity contribution in [3.05, 3.63) is 33.8 Å². The standard InChI is InChI=1S/C14H16Cl2N2O2/c1-2-13(19)18-7-9(8-18)6-17-14(20)10-3-4-11(15)12(16)5-10/h3-5,9H,2,6-8H2,1H3,(H,17,20). The molecule has 1 saturated heterocycles. The Balaban J connectivity index is 1.79. The van der Waals surface area contributed by atoms with Gasteiger partial charge in [-0.25, -0.2) is 0 Å². The molecule has 0 atom stereocenters. The molecule has 0 aromatic heterocycles. The maximum absolute atomic E-state index is 11.9. The van der Waals surface area contributed by atoms with Crippen LogP contribution in [0.15, 0.2) is 18.2 Å². The number of hydrogen-bond donors (Lipinski definition) is 1. The summed E-state index contributed by atoms with van der Waals surface area (Å²) in [7, 11) is 0. The lowest BCUT2D eigenvalue weighted by Gasteiger charge is -2.39. The highest BCUT2D eigenvalue weighted by molar-refractivity contribution is 6.42. The fraction of sp³-hybridized carbons (Fsp3) is 0.429. The van der Waals surface area contributed by atoms with Crippen LogP contribution in [0.4, 0.5) is 0 Å². The van der Waals surface area contributed by atoms with E-state index in [4.69, 9.17) is 23.2 Å². The quantitative estimate of drug-likeness (QED) is 0.928. The molecule has 2 rings (SSSR count). The summed E-state index contributed by atoms with van der Waals surface area (Å²) in [4.78, 5) is 25.1. The highest BCUT2D eigenvalue weighted by Crippen LogP contribution is 2.22. The summed E-state index contributed by atoms with van der Waals surface area (Å²) in [6, 6.07) is 4.79. The Bertz CT molecular complexity index is 528. The number of carbonyl (C=O) groups excluding carboxylic acids is 2. The van der Waals surface area contributed by atoms with Crippen molar-refractivity contribution in [2.75, 3.05) is 19.6 Å². The Hall–Kier alpha value is -1.26. The first-order valence-electron chi connectivity index (χ1n) is 6.52. The van der Waals surface area contributed by atoms with Gasteiger partial charge in [-0.1, -0.05) is 30.1 Å². The van der Waals surface area contributed by atoms with Gasteiger partial charge >= 0.3 is 0 Å². The van der Waals surface area contributed by atoms with E-state index in [9.17, 15) is 9.59 Å². The third-order valence-corrected chi connectivity index (χ3v) is 4.08. The van der Waals surface area contributed by atoms with Gasteiger partial charge in [0, 0.05) is 37.5 Å². The van der Waals surface area contributed by atoms with Crippen LogP contribution in [0.25, 0.3) is 0 Å². The summed E-state index contributed by atoms with van der Waals surface area (Å²) in [5, 5.41) is 3.64. The first kappa shape index (κ1) is 15.1. The average Bonchev–Trinajstić information content (AvgIpc) is 2.39. The molecule has 1 N–H and O–H groups in total. The highest BCUT2D eigenvalue weighted by atomic mass is 35.5. The van der Waals surface area contributed by atoms with Crippen molar-refractivity contribution >= 4 is 35.0 Å². The molecule has 4 nitrogen and oxygen atoms in total. The van der Waals surface area contributed by atoms with Crippen molar-refractivity contribution in [1.29, 1.82) is 0 Å². The van der Waals surface area contributed by atoms with Crippen LogP contribution in [0.3, 0.4) is 0 Å². The summed E-state index contributed by atoms with van der Waals surface area (Å²) in [5.41, 5.74) is 0.486. The predicted octanol–water partition coefficient (Wildman–Crippen LogP) is 2.59. The van der Waals surface area contributed by atoms with Crippen LogP contribution in [0.5, 0.6) is 0 Å². The number of amides is 2. The van der Waals surface area contributed by atoms with Gasteiger partial charge in [-0.3, -0.25) is 9.59 Å². The lowest BCUT2D eigenvalue weighted by molar-refractivity contribution is -0.136. The van der Waals surface area contributed by atoms with Crippen LogP contribution in [-0.2, 0) is 4.79 Å². The molecule has 0 unspecified atom stereocenters. The Kier molecular flexibility index (Phi) is 4.89. The molecule has 1 aromatic carbocycles. The van der Waals surface area contributed by atoms with Gasteiger partial charge in [-0.15, -0.1) is 0 Å². The molecule has 0 aliphatic carbocycles. The van der Waals surface area contributed by atoms with Gasteiger partial charge in [-0.05, 0) is 18.2 Å². The normalized spacial score (nSPS) is 14.8. The Labute approximate surface area is 128 Å². The lowest BCUT2D eigenvalue weighted by Crippen LogP contribution is -2.53. The smallest absolute Gasteiger partial charge is 0.251 e. The average molecular weight is 315 g/mol. The summed E-state index contributed by atoms with van der Waals surface area (Å²) >= 11 is 11.7. The summed E-state index contributed by atoms with van der Waals surface area (Å²) in [6.07, 6.45) is 0.530. The minimum absolute atomic E-state index is 0.164. The van der Waals surface area contributed by atoms with Gasteiger partial charge in [0.05, 0.1) is 10.0 Å². The number of carbonyl (C=O) groups is 2. The van der Waals surface area contributed by atoms with E-state index in [0.29, 0.717) is 47.6 Å². The number of rotatable bonds is 4. The van der Waals surface area contributed by atoms with E-state index in [-0.39, 0.29) is 11.8 Å². The Morgan fingerprint density at radius 3 is 2.60 bits per heavy atom. The minimum atomic E-state index is -0.177. The maximum atomic E-state index is 11.9. The van der Waals surface area contributed by atoms with Crippen LogP contribution >= 0.6 is 23.2 Å². The zero-order chi connectivity index (χ0) is 14.7. The molecule has 1 aliphatic heterocycles. The molecule has 1 fully saturated rings. The van der Waals surface area contributed by atoms with Crippen LogP contribution in [0.2, 0.25) is 10.0 Å². The molecule has 6 heteroatoms. The molecule has 0 spiro atoms. The zero-order valence-electron chi connectivity index (χ0n) is 11.2. The van der Waals surface area contributed by atoms with E-state index >= 15 is 0 Å². The van der Waals surface area contributed by atoms with E-state index in [1.165, 1.54) is 0 Å². The topological polar surface area (TPSA) is 49.4 Å². The van der Waals surface area contributed by atoms with Gasteiger partial charge in [0.15, 0.2) is 0 Å². The molecule has 20 heavy (non-hydrogen) atoms. The molecule has 2 amide bonds. The second kappa shape index (κ2) is 6.46. The van der Waals surface area contributed by atoms with E-state index in [1.807, 2.05) is 6.92 Å². The van der Waals surface area contributed by atoms with Crippen molar-refractivity contribution in [3.8, 4) is 0 Å². The fourth-order valence-corrected chi connectivity index (χ4v) is 2.40. The van der Waals surface area contributed by atoms with Crippen molar-refractivity contribution in [2.24, 2.45) is 5.92 Å². The van der Waals surface area contributed by atoms with E-state index in [2.05, 4.69) is 5.32 Å². The van der Waals surface area contributed by atoms with Gasteiger partial charge in [0.2, 0.25) is 5.91 Å². The summed E-state index contributed by atoms with van der Waals surface area (Å²) in [6.45, 7) is 3.84. The third-order valence-electron chi connectivity index (χ3n) is 3.35. The molecular formula is C14H16Cl2N2O2. The van der Waals surface area contributed by atoms with Crippen molar-refractivity contribution in [3.63, 3.8) is 0 Å². The SMILES string of the molecule is CCC(=O)N1CC(CNC(=O)c2ccc(Cl)c(Cl)c2)C1. The molecule has 1 heterocycles. The number of benzene rings is 1. The van der Waals surface area contributed by atoms with Gasteiger partial charge < -0.3 is 10.2 Å². The third kappa shape index (κ3) is 3.44. The fourth-order valence-electron chi connectivity index (χ4n) is 2.10. The van der Waals surface area contributed by atoms with Crippen LogP contribution in [-0.4, -0.2) is 36.3 Å². The summed E-state index contributed by atoms with van der Waals surface area (Å²) < 4.78 is 0. The van der Waals surface area contributed by atoms with Crippen LogP contribution in [0.1, 0.15) is 23.7 Å². The molecule has 0 radical (unpaired) electrons. The van der Waals surface area contributed by atoms with Crippen molar-refractivity contribution in [2.45, 2.75) is 13.3 Å². The van der Waals surface area contributed by atoms with E-state index < -0.39 is 0 Å². The van der Waals surface area contributed by atoms with E-state index in [1.54, 1.807) is 23.1 Å².